The van der Waals surface area contributed by atoms with Crippen LogP contribution in [0.15, 0.2) is 0 Å². The highest BCUT2D eigenvalue weighted by Crippen LogP contribution is 2.60. The normalized spacial score (nSPS) is 52.0. The first kappa shape index (κ1) is 5.75. The van der Waals surface area contributed by atoms with Crippen molar-refractivity contribution in [3.8, 4) is 0 Å². The molecule has 3 fully saturated rings. The van der Waals surface area contributed by atoms with E-state index >= 15 is 0 Å². The van der Waals surface area contributed by atoms with E-state index in [9.17, 15) is 9.59 Å². The molecule has 2 saturated carbocycles. The Morgan fingerprint density at radius 3 is 1.82 bits per heavy atom. The van der Waals surface area contributed by atoms with Crippen LogP contribution in [-0.2, 0) is 9.59 Å². The van der Waals surface area contributed by atoms with Gasteiger partial charge in [0.15, 0.2) is 0 Å². The second-order valence-electron chi connectivity index (χ2n) is 3.81. The molecule has 2 amide bonds. The number of hydrogen-bond acceptors (Lipinski definition) is 2. The van der Waals surface area contributed by atoms with E-state index in [0.29, 0.717) is 11.8 Å². The lowest BCUT2D eigenvalue weighted by atomic mass is 9.48. The molecule has 0 aromatic carbocycles. The van der Waals surface area contributed by atoms with Gasteiger partial charge in [0.25, 0.3) is 0 Å². The molecule has 0 aromatic heterocycles. The zero-order chi connectivity index (χ0) is 7.59. The second-order valence-corrected chi connectivity index (χ2v) is 3.81. The molecular weight excluding hydrogens is 142 g/mol. The van der Waals surface area contributed by atoms with Crippen molar-refractivity contribution in [2.24, 2.45) is 23.7 Å². The summed E-state index contributed by atoms with van der Waals surface area (Å²) in [5, 5.41) is 2.40. The maximum Gasteiger partial charge on any atom is 0.230 e. The molecule has 2 aliphatic carbocycles. The van der Waals surface area contributed by atoms with Gasteiger partial charge in [-0.15, -0.1) is 0 Å². The third-order valence-corrected chi connectivity index (χ3v) is 3.54. The van der Waals surface area contributed by atoms with E-state index in [-0.39, 0.29) is 23.7 Å². The number of imide groups is 1. The van der Waals surface area contributed by atoms with Crippen LogP contribution in [0.2, 0.25) is 0 Å². The van der Waals surface area contributed by atoms with Gasteiger partial charge in [0.2, 0.25) is 11.8 Å². The largest absolute Gasteiger partial charge is 0.296 e. The summed E-state index contributed by atoms with van der Waals surface area (Å²) in [5.41, 5.74) is 0. The minimum Gasteiger partial charge on any atom is -0.296 e. The Labute approximate surface area is 64.1 Å². The fourth-order valence-corrected chi connectivity index (χ4v) is 2.83. The van der Waals surface area contributed by atoms with E-state index in [2.05, 4.69) is 5.32 Å². The fraction of sp³-hybridized carbons (Fsp3) is 0.750. The Morgan fingerprint density at radius 2 is 1.45 bits per heavy atom. The van der Waals surface area contributed by atoms with Crippen LogP contribution in [0.4, 0.5) is 0 Å². The molecular formula is C8H9NO2. The van der Waals surface area contributed by atoms with Gasteiger partial charge in [-0.25, -0.2) is 0 Å². The lowest BCUT2D eigenvalue weighted by Crippen LogP contribution is -2.54. The first-order chi connectivity index (χ1) is 5.29. The highest BCUT2D eigenvalue weighted by molar-refractivity contribution is 6.07. The van der Waals surface area contributed by atoms with Gasteiger partial charge in [-0.3, -0.25) is 14.9 Å². The lowest BCUT2D eigenvalue weighted by Gasteiger charge is -2.53. The molecule has 1 aliphatic heterocycles. The van der Waals surface area contributed by atoms with E-state index in [1.807, 2.05) is 0 Å². The van der Waals surface area contributed by atoms with Crippen LogP contribution in [0.3, 0.4) is 0 Å². The summed E-state index contributed by atoms with van der Waals surface area (Å²) in [4.78, 5) is 22.2. The van der Waals surface area contributed by atoms with E-state index in [0.717, 1.165) is 12.8 Å². The zero-order valence-corrected chi connectivity index (χ0v) is 6.04. The Balaban J connectivity index is 1.96. The summed E-state index contributed by atoms with van der Waals surface area (Å²) < 4.78 is 0. The molecule has 0 aromatic rings. The third-order valence-electron chi connectivity index (χ3n) is 3.54. The maximum atomic E-state index is 11.1. The third kappa shape index (κ3) is 0.451. The number of hydrogen-bond donors (Lipinski definition) is 1. The smallest absolute Gasteiger partial charge is 0.230 e. The SMILES string of the molecule is O=C1NC(=O)C2C3CCC3C12. The van der Waals surface area contributed by atoms with Gasteiger partial charge in [0, 0.05) is 0 Å². The van der Waals surface area contributed by atoms with Crippen molar-refractivity contribution in [1.29, 1.82) is 0 Å². The molecule has 3 aliphatic rings. The fourth-order valence-electron chi connectivity index (χ4n) is 2.83. The number of nitrogens with one attached hydrogen (secondary N) is 1. The van der Waals surface area contributed by atoms with E-state index in [4.69, 9.17) is 0 Å². The van der Waals surface area contributed by atoms with Gasteiger partial charge in [-0.05, 0) is 24.7 Å². The van der Waals surface area contributed by atoms with Gasteiger partial charge < -0.3 is 0 Å². The van der Waals surface area contributed by atoms with Crippen molar-refractivity contribution in [3.63, 3.8) is 0 Å². The highest BCUT2D eigenvalue weighted by Gasteiger charge is 2.64. The van der Waals surface area contributed by atoms with Crippen molar-refractivity contribution in [2.75, 3.05) is 0 Å². The second kappa shape index (κ2) is 1.49. The molecule has 1 heterocycles. The Morgan fingerprint density at radius 1 is 1.00 bits per heavy atom. The van der Waals surface area contributed by atoms with Crippen LogP contribution in [0, 0.1) is 23.7 Å². The first-order valence-electron chi connectivity index (χ1n) is 4.14. The summed E-state index contributed by atoms with van der Waals surface area (Å²) in [7, 11) is 0. The van der Waals surface area contributed by atoms with Gasteiger partial charge in [-0.1, -0.05) is 0 Å². The lowest BCUT2D eigenvalue weighted by molar-refractivity contribution is -0.149. The minimum absolute atomic E-state index is 0.0130. The first-order valence-corrected chi connectivity index (χ1v) is 4.14. The molecule has 3 rings (SSSR count). The standard InChI is InChI=1S/C8H9NO2/c10-7-5-3-1-2-4(3)6(5)8(11)9-7/h3-6H,1-2H2,(H,9,10,11). The van der Waals surface area contributed by atoms with Crippen LogP contribution in [0.25, 0.3) is 0 Å². The van der Waals surface area contributed by atoms with Gasteiger partial charge in [-0.2, -0.15) is 0 Å². The van der Waals surface area contributed by atoms with E-state index in [1.54, 1.807) is 0 Å². The number of amides is 2. The quantitative estimate of drug-likeness (QED) is 0.492. The van der Waals surface area contributed by atoms with Crippen LogP contribution in [0.1, 0.15) is 12.8 Å². The Bertz CT molecular complexity index is 235. The predicted molar refractivity (Wildman–Crippen MR) is 36.3 cm³/mol. The Hall–Kier alpha value is -0.860. The van der Waals surface area contributed by atoms with E-state index < -0.39 is 0 Å². The number of fused-ring (bicyclic) bond motifs is 4. The molecule has 0 spiro atoms. The van der Waals surface area contributed by atoms with Gasteiger partial charge in [0.1, 0.15) is 0 Å². The Kier molecular flexibility index (Phi) is 0.780. The number of carbonyl (C=O) groups excluding carboxylic acids is 2. The summed E-state index contributed by atoms with van der Waals surface area (Å²) in [5.74, 6) is 1.24. The molecule has 0 radical (unpaired) electrons. The van der Waals surface area contributed by atoms with Gasteiger partial charge in [0.05, 0.1) is 11.8 Å². The maximum absolute atomic E-state index is 11.1. The van der Waals surface area contributed by atoms with Gasteiger partial charge >= 0.3 is 0 Å². The summed E-state index contributed by atoms with van der Waals surface area (Å²) in [6.07, 6.45) is 2.32. The molecule has 58 valence electrons. The highest BCUT2D eigenvalue weighted by atomic mass is 16.2. The van der Waals surface area contributed by atoms with Crippen LogP contribution in [-0.4, -0.2) is 11.8 Å². The monoisotopic (exact) mass is 151 g/mol. The minimum atomic E-state index is -0.0130. The summed E-state index contributed by atoms with van der Waals surface area (Å²) in [6.45, 7) is 0. The topological polar surface area (TPSA) is 46.2 Å². The molecule has 1 N–H and O–H groups in total. The van der Waals surface area contributed by atoms with Crippen molar-refractivity contribution < 1.29 is 9.59 Å². The van der Waals surface area contributed by atoms with Crippen molar-refractivity contribution in [1.82, 2.24) is 5.32 Å². The molecule has 0 bridgehead atoms. The molecule has 4 atom stereocenters. The summed E-state index contributed by atoms with van der Waals surface area (Å²) in [6, 6.07) is 0. The zero-order valence-electron chi connectivity index (χ0n) is 6.04. The number of rotatable bonds is 0. The number of carbonyl (C=O) groups is 2. The average Bonchev–Trinajstić information content (AvgIpc) is 2.11. The summed E-state index contributed by atoms with van der Waals surface area (Å²) >= 11 is 0. The van der Waals surface area contributed by atoms with Crippen LogP contribution in [0.5, 0.6) is 0 Å². The average molecular weight is 151 g/mol. The van der Waals surface area contributed by atoms with Crippen LogP contribution < -0.4 is 5.32 Å². The predicted octanol–water partition coefficient (Wildman–Crippen LogP) is -0.0850. The molecule has 3 heteroatoms. The van der Waals surface area contributed by atoms with Crippen molar-refractivity contribution in [2.45, 2.75) is 12.8 Å². The molecule has 11 heavy (non-hydrogen) atoms. The van der Waals surface area contributed by atoms with Crippen LogP contribution >= 0.6 is 0 Å². The van der Waals surface area contributed by atoms with E-state index in [1.165, 1.54) is 0 Å². The molecule has 1 saturated heterocycles. The van der Waals surface area contributed by atoms with Crippen molar-refractivity contribution >= 4 is 11.8 Å². The molecule has 3 nitrogen and oxygen atoms in total. The molecule has 4 unspecified atom stereocenters. The van der Waals surface area contributed by atoms with Crippen molar-refractivity contribution in [3.05, 3.63) is 0 Å².